The summed E-state index contributed by atoms with van der Waals surface area (Å²) in [6, 6.07) is 3.88. The second-order valence-electron chi connectivity index (χ2n) is 6.50. The van der Waals surface area contributed by atoms with Crippen LogP contribution in [0.4, 0.5) is 8.78 Å². The van der Waals surface area contributed by atoms with Gasteiger partial charge in [-0.05, 0) is 43.4 Å². The highest BCUT2D eigenvalue weighted by atomic mass is 19.2. The van der Waals surface area contributed by atoms with Crippen molar-refractivity contribution in [3.05, 3.63) is 35.4 Å². The van der Waals surface area contributed by atoms with E-state index in [0.717, 1.165) is 25.0 Å². The molecule has 1 aromatic rings. The highest BCUT2D eigenvalue weighted by molar-refractivity contribution is 5.86. The minimum atomic E-state index is -1.43. The van der Waals surface area contributed by atoms with Crippen LogP contribution < -0.4 is 5.32 Å². The summed E-state index contributed by atoms with van der Waals surface area (Å²) in [4.78, 5) is 14.2. The van der Waals surface area contributed by atoms with Crippen molar-refractivity contribution in [3.8, 4) is 0 Å². The van der Waals surface area contributed by atoms with E-state index in [2.05, 4.69) is 19.2 Å². The van der Waals surface area contributed by atoms with Crippen LogP contribution in [-0.4, -0.2) is 40.6 Å². The standard InChI is InChI=1S/C18H26F2N2O2/c1-3-14(4-2)21-12-18(24)8-5-9-22(17(18)23)11-13-6-7-15(19)16(20)10-13/h6-7,10,14,21,24H,3-5,8-9,11-12H2,1-2H3/t18-/m1/s1. The number of nitrogens with zero attached hydrogens (tertiary/aromatic N) is 1. The van der Waals surface area contributed by atoms with Gasteiger partial charge in [-0.3, -0.25) is 4.79 Å². The third-order valence-electron chi connectivity index (χ3n) is 4.73. The van der Waals surface area contributed by atoms with Gasteiger partial charge in [0.25, 0.3) is 5.91 Å². The molecule has 0 unspecified atom stereocenters. The predicted octanol–water partition coefficient (Wildman–Crippen LogP) is 2.60. The number of carbonyl (C=O) groups excluding carboxylic acids is 1. The molecule has 2 N–H and O–H groups in total. The summed E-state index contributed by atoms with van der Waals surface area (Å²) in [6.07, 6.45) is 2.95. The first-order valence-corrected chi connectivity index (χ1v) is 8.58. The number of carbonyl (C=O) groups is 1. The molecule has 0 aliphatic carbocycles. The normalized spacial score (nSPS) is 21.6. The zero-order valence-corrected chi connectivity index (χ0v) is 14.3. The lowest BCUT2D eigenvalue weighted by Gasteiger charge is -2.39. The van der Waals surface area contributed by atoms with Crippen molar-refractivity contribution in [3.63, 3.8) is 0 Å². The Morgan fingerprint density at radius 1 is 1.29 bits per heavy atom. The van der Waals surface area contributed by atoms with Crippen molar-refractivity contribution in [2.45, 2.75) is 57.7 Å². The molecule has 1 heterocycles. The molecule has 1 atom stereocenters. The molecule has 0 bridgehead atoms. The molecule has 1 aromatic carbocycles. The molecule has 24 heavy (non-hydrogen) atoms. The Balaban J connectivity index is 2.04. The van der Waals surface area contributed by atoms with Crippen LogP contribution in [0, 0.1) is 11.6 Å². The number of aliphatic hydroxyl groups is 1. The summed E-state index contributed by atoms with van der Waals surface area (Å²) in [7, 11) is 0. The van der Waals surface area contributed by atoms with Gasteiger partial charge in [0.2, 0.25) is 0 Å². The molecule has 1 saturated heterocycles. The monoisotopic (exact) mass is 340 g/mol. The van der Waals surface area contributed by atoms with E-state index in [0.29, 0.717) is 24.9 Å². The van der Waals surface area contributed by atoms with E-state index in [4.69, 9.17) is 0 Å². The maximum atomic E-state index is 13.3. The number of piperidine rings is 1. The lowest BCUT2D eigenvalue weighted by Crippen LogP contribution is -2.58. The van der Waals surface area contributed by atoms with E-state index in [9.17, 15) is 18.7 Å². The quantitative estimate of drug-likeness (QED) is 0.802. The molecule has 0 saturated carbocycles. The molecule has 1 aliphatic rings. The summed E-state index contributed by atoms with van der Waals surface area (Å²) >= 11 is 0. The second-order valence-corrected chi connectivity index (χ2v) is 6.50. The largest absolute Gasteiger partial charge is 0.379 e. The van der Waals surface area contributed by atoms with Gasteiger partial charge in [0.05, 0.1) is 0 Å². The smallest absolute Gasteiger partial charge is 0.256 e. The van der Waals surface area contributed by atoms with Crippen LogP contribution in [0.2, 0.25) is 0 Å². The van der Waals surface area contributed by atoms with E-state index >= 15 is 0 Å². The first-order chi connectivity index (χ1) is 11.4. The Morgan fingerprint density at radius 2 is 2.00 bits per heavy atom. The number of hydrogen-bond acceptors (Lipinski definition) is 3. The molecular formula is C18H26F2N2O2. The van der Waals surface area contributed by atoms with Crippen molar-refractivity contribution in [1.82, 2.24) is 10.2 Å². The van der Waals surface area contributed by atoms with E-state index in [1.165, 1.54) is 11.0 Å². The van der Waals surface area contributed by atoms with Crippen molar-refractivity contribution in [2.24, 2.45) is 0 Å². The van der Waals surface area contributed by atoms with Gasteiger partial charge in [0, 0.05) is 25.7 Å². The van der Waals surface area contributed by atoms with Gasteiger partial charge in [-0.2, -0.15) is 0 Å². The Morgan fingerprint density at radius 3 is 2.62 bits per heavy atom. The van der Waals surface area contributed by atoms with Crippen LogP contribution in [0.3, 0.4) is 0 Å². The topological polar surface area (TPSA) is 52.6 Å². The fourth-order valence-corrected chi connectivity index (χ4v) is 3.13. The maximum Gasteiger partial charge on any atom is 0.256 e. The molecule has 4 nitrogen and oxygen atoms in total. The summed E-state index contributed by atoms with van der Waals surface area (Å²) in [6.45, 7) is 5.01. The first kappa shape index (κ1) is 18.8. The van der Waals surface area contributed by atoms with Gasteiger partial charge in [0.15, 0.2) is 17.2 Å². The van der Waals surface area contributed by atoms with Crippen molar-refractivity contribution < 1.29 is 18.7 Å². The number of benzene rings is 1. The van der Waals surface area contributed by atoms with Gasteiger partial charge in [-0.25, -0.2) is 8.78 Å². The van der Waals surface area contributed by atoms with Crippen LogP contribution in [0.1, 0.15) is 45.1 Å². The van der Waals surface area contributed by atoms with Gasteiger partial charge >= 0.3 is 0 Å². The Labute approximate surface area is 141 Å². The fourth-order valence-electron chi connectivity index (χ4n) is 3.13. The molecule has 1 fully saturated rings. The highest BCUT2D eigenvalue weighted by Gasteiger charge is 2.42. The minimum absolute atomic E-state index is 0.170. The van der Waals surface area contributed by atoms with E-state index in [1.807, 2.05) is 0 Å². The second kappa shape index (κ2) is 8.03. The number of amides is 1. The SMILES string of the molecule is CCC(CC)NC[C@]1(O)CCCN(Cc2ccc(F)c(F)c2)C1=O. The zero-order chi connectivity index (χ0) is 17.7. The van der Waals surface area contributed by atoms with Gasteiger partial charge in [-0.1, -0.05) is 19.9 Å². The lowest BCUT2D eigenvalue weighted by atomic mass is 9.90. The fraction of sp³-hybridized carbons (Fsp3) is 0.611. The first-order valence-electron chi connectivity index (χ1n) is 8.58. The third kappa shape index (κ3) is 4.30. The van der Waals surface area contributed by atoms with Crippen LogP contribution >= 0.6 is 0 Å². The highest BCUT2D eigenvalue weighted by Crippen LogP contribution is 2.24. The van der Waals surface area contributed by atoms with Crippen molar-refractivity contribution >= 4 is 5.91 Å². The van der Waals surface area contributed by atoms with E-state index in [1.54, 1.807) is 0 Å². The minimum Gasteiger partial charge on any atom is -0.379 e. The average Bonchev–Trinajstić information content (AvgIpc) is 2.56. The van der Waals surface area contributed by atoms with E-state index < -0.39 is 17.2 Å². The number of rotatable bonds is 7. The zero-order valence-electron chi connectivity index (χ0n) is 14.3. The Bertz CT molecular complexity index is 578. The van der Waals surface area contributed by atoms with Crippen LogP contribution in [-0.2, 0) is 11.3 Å². The third-order valence-corrected chi connectivity index (χ3v) is 4.73. The molecule has 6 heteroatoms. The number of halogens is 2. The summed E-state index contributed by atoms with van der Waals surface area (Å²) < 4.78 is 26.3. The average molecular weight is 340 g/mol. The molecule has 1 amide bonds. The van der Waals surface area contributed by atoms with Crippen LogP contribution in [0.25, 0.3) is 0 Å². The Kier molecular flexibility index (Phi) is 6.29. The summed E-state index contributed by atoms with van der Waals surface area (Å²) in [5, 5.41) is 14.0. The summed E-state index contributed by atoms with van der Waals surface area (Å²) in [5.74, 6) is -2.19. The van der Waals surface area contributed by atoms with Crippen LogP contribution in [0.5, 0.6) is 0 Å². The number of nitrogens with one attached hydrogen (secondary N) is 1. The van der Waals surface area contributed by atoms with Crippen molar-refractivity contribution in [2.75, 3.05) is 13.1 Å². The van der Waals surface area contributed by atoms with Gasteiger partial charge in [-0.15, -0.1) is 0 Å². The predicted molar refractivity (Wildman–Crippen MR) is 88.3 cm³/mol. The lowest BCUT2D eigenvalue weighted by molar-refractivity contribution is -0.157. The number of hydrogen-bond donors (Lipinski definition) is 2. The van der Waals surface area contributed by atoms with E-state index in [-0.39, 0.29) is 25.0 Å². The van der Waals surface area contributed by atoms with Crippen LogP contribution in [0.15, 0.2) is 18.2 Å². The molecular weight excluding hydrogens is 314 g/mol. The molecule has 134 valence electrons. The van der Waals surface area contributed by atoms with Gasteiger partial charge < -0.3 is 15.3 Å². The Hall–Kier alpha value is -1.53. The maximum absolute atomic E-state index is 13.3. The molecule has 1 aliphatic heterocycles. The summed E-state index contributed by atoms with van der Waals surface area (Å²) in [5.41, 5.74) is -0.918. The van der Waals surface area contributed by atoms with Crippen molar-refractivity contribution in [1.29, 1.82) is 0 Å². The number of likely N-dealkylation sites (tertiary alicyclic amines) is 1. The molecule has 0 spiro atoms. The molecule has 2 rings (SSSR count). The molecule has 0 radical (unpaired) electrons. The van der Waals surface area contributed by atoms with Gasteiger partial charge in [0.1, 0.15) is 0 Å². The molecule has 0 aromatic heterocycles.